The van der Waals surface area contributed by atoms with Gasteiger partial charge in [0.1, 0.15) is 17.3 Å². The number of hydrogen-bond acceptors (Lipinski definition) is 1. The standard InChI is InChI=1S/C14H9F2N2/c15-11-5-6-12(16)14(9-11)18-13(7-8-17-18)10-3-1-2-4-10/h1-9H. The molecule has 0 aliphatic heterocycles. The molecular weight excluding hydrogens is 234 g/mol. The summed E-state index contributed by atoms with van der Waals surface area (Å²) in [5.74, 6) is -0.997. The van der Waals surface area contributed by atoms with Gasteiger partial charge in [0, 0.05) is 12.5 Å². The zero-order valence-corrected chi connectivity index (χ0v) is 9.35. The monoisotopic (exact) mass is 243 g/mol. The van der Waals surface area contributed by atoms with E-state index in [1.54, 1.807) is 12.3 Å². The second kappa shape index (κ2) is 4.22. The second-order valence-electron chi connectivity index (χ2n) is 3.90. The van der Waals surface area contributed by atoms with Gasteiger partial charge in [-0.1, -0.05) is 18.2 Å². The van der Waals surface area contributed by atoms with Crippen LogP contribution in [0.5, 0.6) is 0 Å². The van der Waals surface area contributed by atoms with Crippen LogP contribution in [0, 0.1) is 18.1 Å². The Labute approximate surface area is 103 Å². The molecular formula is C14H9F2N2. The molecule has 1 aromatic carbocycles. The van der Waals surface area contributed by atoms with Crippen molar-refractivity contribution < 1.29 is 8.78 Å². The number of hydrogen-bond donors (Lipinski definition) is 0. The molecule has 0 bridgehead atoms. The van der Waals surface area contributed by atoms with Crippen LogP contribution < -0.4 is 0 Å². The minimum absolute atomic E-state index is 0.108. The van der Waals surface area contributed by atoms with E-state index in [4.69, 9.17) is 0 Å². The predicted octanol–water partition coefficient (Wildman–Crippen LogP) is 3.31. The molecule has 0 atom stereocenters. The van der Waals surface area contributed by atoms with E-state index in [-0.39, 0.29) is 5.69 Å². The van der Waals surface area contributed by atoms with E-state index < -0.39 is 11.6 Å². The fourth-order valence-electron chi connectivity index (χ4n) is 1.91. The van der Waals surface area contributed by atoms with Crippen molar-refractivity contribution >= 4 is 5.57 Å². The lowest BCUT2D eigenvalue weighted by Gasteiger charge is -2.08. The maximum atomic E-state index is 13.7. The predicted molar refractivity (Wildman–Crippen MR) is 64.9 cm³/mol. The van der Waals surface area contributed by atoms with Crippen LogP contribution in [0.1, 0.15) is 5.69 Å². The molecule has 2 nitrogen and oxygen atoms in total. The number of aromatic nitrogens is 2. The molecule has 0 N–H and O–H groups in total. The van der Waals surface area contributed by atoms with E-state index in [1.165, 1.54) is 4.68 Å². The first-order valence-corrected chi connectivity index (χ1v) is 5.47. The molecule has 0 fully saturated rings. The summed E-state index contributed by atoms with van der Waals surface area (Å²) in [5, 5.41) is 4.05. The summed E-state index contributed by atoms with van der Waals surface area (Å²) in [6.07, 6.45) is 9.12. The zero-order valence-electron chi connectivity index (χ0n) is 9.35. The fourth-order valence-corrected chi connectivity index (χ4v) is 1.91. The van der Waals surface area contributed by atoms with Crippen molar-refractivity contribution in [3.63, 3.8) is 0 Å². The lowest BCUT2D eigenvalue weighted by atomic mass is 10.2. The highest BCUT2D eigenvalue weighted by molar-refractivity contribution is 5.77. The van der Waals surface area contributed by atoms with Gasteiger partial charge in [-0.3, -0.25) is 0 Å². The van der Waals surface area contributed by atoms with E-state index in [9.17, 15) is 8.78 Å². The first-order valence-electron chi connectivity index (χ1n) is 5.47. The van der Waals surface area contributed by atoms with Gasteiger partial charge in [0.05, 0.1) is 11.9 Å². The van der Waals surface area contributed by atoms with Gasteiger partial charge in [0.25, 0.3) is 0 Å². The number of halogens is 2. The van der Waals surface area contributed by atoms with Gasteiger partial charge in [-0.2, -0.15) is 5.10 Å². The summed E-state index contributed by atoms with van der Waals surface area (Å²) in [5.41, 5.74) is 1.75. The number of nitrogens with zero attached hydrogens (tertiary/aromatic N) is 2. The SMILES string of the molecule is Fc1ccc(F)c(-n2nccc2C2=C[CH]C=C2)c1. The third-order valence-corrected chi connectivity index (χ3v) is 2.74. The lowest BCUT2D eigenvalue weighted by Crippen LogP contribution is -2.04. The average molecular weight is 243 g/mol. The number of allylic oxidation sites excluding steroid dienone is 4. The second-order valence-corrected chi connectivity index (χ2v) is 3.90. The van der Waals surface area contributed by atoms with E-state index >= 15 is 0 Å². The van der Waals surface area contributed by atoms with Crippen LogP contribution in [0.2, 0.25) is 0 Å². The van der Waals surface area contributed by atoms with Crippen molar-refractivity contribution in [2.24, 2.45) is 0 Å². The van der Waals surface area contributed by atoms with Crippen molar-refractivity contribution in [1.29, 1.82) is 0 Å². The molecule has 1 heterocycles. The van der Waals surface area contributed by atoms with Crippen LogP contribution in [-0.2, 0) is 0 Å². The smallest absolute Gasteiger partial charge is 0.149 e. The molecule has 89 valence electrons. The van der Waals surface area contributed by atoms with E-state index in [1.807, 2.05) is 24.6 Å². The first kappa shape index (κ1) is 10.9. The molecule has 4 heteroatoms. The van der Waals surface area contributed by atoms with Crippen LogP contribution in [0.25, 0.3) is 11.3 Å². The van der Waals surface area contributed by atoms with Gasteiger partial charge >= 0.3 is 0 Å². The summed E-state index contributed by atoms with van der Waals surface area (Å²) in [4.78, 5) is 0. The van der Waals surface area contributed by atoms with Gasteiger partial charge in [0.15, 0.2) is 0 Å². The molecule has 0 saturated heterocycles. The third kappa shape index (κ3) is 1.76. The van der Waals surface area contributed by atoms with Crippen LogP contribution in [0.4, 0.5) is 8.78 Å². The largest absolute Gasteiger partial charge is 0.230 e. The van der Waals surface area contributed by atoms with Crippen molar-refractivity contribution in [2.45, 2.75) is 0 Å². The fraction of sp³-hybridized carbons (Fsp3) is 0. The molecule has 0 amide bonds. The highest BCUT2D eigenvalue weighted by Gasteiger charge is 2.13. The van der Waals surface area contributed by atoms with Crippen LogP contribution in [-0.4, -0.2) is 9.78 Å². The Morgan fingerprint density at radius 3 is 2.78 bits per heavy atom. The van der Waals surface area contributed by atoms with E-state index in [2.05, 4.69) is 5.10 Å². The zero-order chi connectivity index (χ0) is 12.5. The van der Waals surface area contributed by atoms with Crippen LogP contribution in [0.15, 0.2) is 48.7 Å². The Morgan fingerprint density at radius 1 is 1.11 bits per heavy atom. The molecule has 18 heavy (non-hydrogen) atoms. The van der Waals surface area contributed by atoms with Gasteiger partial charge in [0.2, 0.25) is 0 Å². The Bertz CT molecular complexity index is 654. The normalized spacial score (nSPS) is 14.0. The Kier molecular flexibility index (Phi) is 2.55. The van der Waals surface area contributed by atoms with E-state index in [0.29, 0.717) is 0 Å². The van der Waals surface area contributed by atoms with Crippen LogP contribution >= 0.6 is 0 Å². The minimum Gasteiger partial charge on any atom is -0.230 e. The minimum atomic E-state index is -0.507. The summed E-state index contributed by atoms with van der Waals surface area (Å²) < 4.78 is 28.3. The van der Waals surface area contributed by atoms with Gasteiger partial charge in [-0.15, -0.1) is 0 Å². The molecule has 1 aromatic heterocycles. The maximum absolute atomic E-state index is 13.7. The number of rotatable bonds is 2. The van der Waals surface area contributed by atoms with Crippen molar-refractivity contribution in [2.75, 3.05) is 0 Å². The Hall–Kier alpha value is -2.23. The molecule has 1 radical (unpaired) electrons. The molecule has 1 aliphatic rings. The maximum Gasteiger partial charge on any atom is 0.149 e. The molecule has 0 spiro atoms. The third-order valence-electron chi connectivity index (χ3n) is 2.74. The van der Waals surface area contributed by atoms with Gasteiger partial charge < -0.3 is 0 Å². The van der Waals surface area contributed by atoms with Crippen molar-refractivity contribution in [3.8, 4) is 5.69 Å². The molecule has 0 saturated carbocycles. The van der Waals surface area contributed by atoms with Gasteiger partial charge in [-0.25, -0.2) is 13.5 Å². The van der Waals surface area contributed by atoms with Crippen molar-refractivity contribution in [1.82, 2.24) is 9.78 Å². The van der Waals surface area contributed by atoms with Crippen LogP contribution in [0.3, 0.4) is 0 Å². The molecule has 0 unspecified atom stereocenters. The average Bonchev–Trinajstić information content (AvgIpc) is 3.00. The highest BCUT2D eigenvalue weighted by atomic mass is 19.1. The topological polar surface area (TPSA) is 17.8 Å². The molecule has 3 rings (SSSR count). The lowest BCUT2D eigenvalue weighted by molar-refractivity contribution is 0.586. The Balaban J connectivity index is 2.15. The Morgan fingerprint density at radius 2 is 2.00 bits per heavy atom. The van der Waals surface area contributed by atoms with Gasteiger partial charge in [-0.05, 0) is 23.8 Å². The summed E-state index contributed by atoms with van der Waals surface area (Å²) in [7, 11) is 0. The molecule has 2 aromatic rings. The van der Waals surface area contributed by atoms with E-state index in [0.717, 1.165) is 29.5 Å². The van der Waals surface area contributed by atoms with Crippen molar-refractivity contribution in [3.05, 3.63) is 72.4 Å². The first-order chi connectivity index (χ1) is 8.75. The number of benzene rings is 1. The highest BCUT2D eigenvalue weighted by Crippen LogP contribution is 2.24. The molecule has 1 aliphatic carbocycles. The quantitative estimate of drug-likeness (QED) is 0.791. The summed E-state index contributed by atoms with van der Waals surface area (Å²) in [6.45, 7) is 0. The summed E-state index contributed by atoms with van der Waals surface area (Å²) in [6, 6.07) is 5.08. The summed E-state index contributed by atoms with van der Waals surface area (Å²) >= 11 is 0.